The minimum atomic E-state index is -0.941. The number of halogens is 2. The summed E-state index contributed by atoms with van der Waals surface area (Å²) in [7, 11) is 0. The Morgan fingerprint density at radius 3 is 2.58 bits per heavy atom. The number of esters is 1. The van der Waals surface area contributed by atoms with Crippen LogP contribution in [0.3, 0.4) is 0 Å². The van der Waals surface area contributed by atoms with Crippen LogP contribution in [0.5, 0.6) is 5.75 Å². The van der Waals surface area contributed by atoms with Crippen LogP contribution >= 0.6 is 27.5 Å². The van der Waals surface area contributed by atoms with Gasteiger partial charge in [-0.3, -0.25) is 4.79 Å². The Morgan fingerprint density at radius 1 is 1.21 bits per heavy atom. The normalized spacial score (nSPS) is 11.5. The van der Waals surface area contributed by atoms with E-state index in [4.69, 9.17) is 21.1 Å². The maximum Gasteiger partial charge on any atom is 0.344 e. The van der Waals surface area contributed by atoms with Crippen LogP contribution in [-0.4, -0.2) is 24.6 Å². The van der Waals surface area contributed by atoms with Gasteiger partial charge in [0.2, 0.25) is 0 Å². The highest BCUT2D eigenvalue weighted by atomic mass is 79.9. The summed E-state index contributed by atoms with van der Waals surface area (Å²) in [4.78, 5) is 23.7. The van der Waals surface area contributed by atoms with Gasteiger partial charge in [0.15, 0.2) is 12.7 Å². The summed E-state index contributed by atoms with van der Waals surface area (Å²) in [5, 5.41) is 3.16. The fraction of sp³-hybridized carbons (Fsp3) is 0.176. The molecule has 0 saturated carbocycles. The number of carbonyl (C=O) groups excluding carboxylic acids is 2. The molecule has 0 aliphatic heterocycles. The van der Waals surface area contributed by atoms with E-state index in [1.54, 1.807) is 48.5 Å². The standard InChI is InChI=1S/C17H15BrClNO4/c1-11(17(22)20-14-7-5-12(18)6-8-14)24-16(21)10-23-15-4-2-3-13(19)9-15/h2-9,11H,10H2,1H3,(H,20,22). The summed E-state index contributed by atoms with van der Waals surface area (Å²) in [6.45, 7) is 1.18. The van der Waals surface area contributed by atoms with Crippen molar-refractivity contribution in [3.63, 3.8) is 0 Å². The Labute approximate surface area is 153 Å². The molecule has 5 nitrogen and oxygen atoms in total. The molecule has 2 aromatic rings. The topological polar surface area (TPSA) is 64.6 Å². The maximum absolute atomic E-state index is 12.0. The minimum Gasteiger partial charge on any atom is -0.482 e. The quantitative estimate of drug-likeness (QED) is 0.727. The van der Waals surface area contributed by atoms with Gasteiger partial charge < -0.3 is 14.8 Å². The van der Waals surface area contributed by atoms with E-state index in [0.29, 0.717) is 16.5 Å². The van der Waals surface area contributed by atoms with Crippen LogP contribution in [0.2, 0.25) is 5.02 Å². The number of amides is 1. The highest BCUT2D eigenvalue weighted by Gasteiger charge is 2.18. The van der Waals surface area contributed by atoms with Crippen LogP contribution in [0.25, 0.3) is 0 Å². The number of anilines is 1. The molecule has 0 fully saturated rings. The second kappa shape index (κ2) is 8.70. The molecule has 1 atom stereocenters. The van der Waals surface area contributed by atoms with Crippen LogP contribution in [0.15, 0.2) is 53.0 Å². The molecule has 1 amide bonds. The van der Waals surface area contributed by atoms with E-state index in [-0.39, 0.29) is 6.61 Å². The lowest BCUT2D eigenvalue weighted by atomic mass is 10.3. The average Bonchev–Trinajstić information content (AvgIpc) is 2.55. The van der Waals surface area contributed by atoms with Gasteiger partial charge in [-0.1, -0.05) is 33.6 Å². The second-order valence-electron chi connectivity index (χ2n) is 4.87. The van der Waals surface area contributed by atoms with Crippen molar-refractivity contribution in [3.05, 3.63) is 58.0 Å². The van der Waals surface area contributed by atoms with Crippen LogP contribution in [0.1, 0.15) is 6.92 Å². The van der Waals surface area contributed by atoms with Crippen LogP contribution in [0, 0.1) is 0 Å². The molecule has 0 aliphatic rings. The summed E-state index contributed by atoms with van der Waals surface area (Å²) in [5.41, 5.74) is 0.612. The molecule has 24 heavy (non-hydrogen) atoms. The molecule has 2 rings (SSSR count). The molecular weight excluding hydrogens is 398 g/mol. The number of nitrogens with one attached hydrogen (secondary N) is 1. The van der Waals surface area contributed by atoms with Gasteiger partial charge in [0.05, 0.1) is 0 Å². The summed E-state index contributed by atoms with van der Waals surface area (Å²) >= 11 is 9.13. The van der Waals surface area contributed by atoms with Gasteiger partial charge >= 0.3 is 5.97 Å². The molecule has 0 radical (unpaired) electrons. The lowest BCUT2D eigenvalue weighted by Gasteiger charge is -2.14. The van der Waals surface area contributed by atoms with E-state index in [0.717, 1.165) is 4.47 Å². The lowest BCUT2D eigenvalue weighted by Crippen LogP contribution is -2.31. The number of hydrogen-bond acceptors (Lipinski definition) is 4. The SMILES string of the molecule is CC(OC(=O)COc1cccc(Cl)c1)C(=O)Nc1ccc(Br)cc1. The number of rotatable bonds is 6. The van der Waals surface area contributed by atoms with Crippen molar-refractivity contribution < 1.29 is 19.1 Å². The van der Waals surface area contributed by atoms with Crippen LogP contribution in [0.4, 0.5) is 5.69 Å². The van der Waals surface area contributed by atoms with E-state index in [1.165, 1.54) is 6.92 Å². The number of benzene rings is 2. The van der Waals surface area contributed by atoms with E-state index in [2.05, 4.69) is 21.2 Å². The Bertz CT molecular complexity index is 721. The smallest absolute Gasteiger partial charge is 0.344 e. The zero-order chi connectivity index (χ0) is 17.5. The van der Waals surface area contributed by atoms with Gasteiger partial charge in [-0.05, 0) is 49.4 Å². The van der Waals surface area contributed by atoms with Gasteiger partial charge in [0, 0.05) is 15.2 Å². The molecule has 1 unspecified atom stereocenters. The van der Waals surface area contributed by atoms with Crippen molar-refractivity contribution in [1.82, 2.24) is 0 Å². The molecule has 0 bridgehead atoms. The highest BCUT2D eigenvalue weighted by Crippen LogP contribution is 2.17. The van der Waals surface area contributed by atoms with Gasteiger partial charge in [-0.2, -0.15) is 0 Å². The monoisotopic (exact) mass is 411 g/mol. The van der Waals surface area contributed by atoms with Gasteiger partial charge in [-0.15, -0.1) is 0 Å². The van der Waals surface area contributed by atoms with Crippen molar-refractivity contribution >= 4 is 45.1 Å². The lowest BCUT2D eigenvalue weighted by molar-refractivity contribution is -0.155. The molecule has 126 valence electrons. The summed E-state index contributed by atoms with van der Waals surface area (Å²) in [5.74, 6) is -0.617. The van der Waals surface area contributed by atoms with E-state index < -0.39 is 18.0 Å². The maximum atomic E-state index is 12.0. The van der Waals surface area contributed by atoms with Gasteiger partial charge in [0.25, 0.3) is 5.91 Å². The second-order valence-corrected chi connectivity index (χ2v) is 6.23. The summed E-state index contributed by atoms with van der Waals surface area (Å²) in [6.07, 6.45) is -0.941. The summed E-state index contributed by atoms with van der Waals surface area (Å²) in [6, 6.07) is 13.7. The third-order valence-corrected chi connectivity index (χ3v) is 3.71. The number of carbonyl (C=O) groups is 2. The Morgan fingerprint density at radius 2 is 1.92 bits per heavy atom. The first kappa shape index (κ1) is 18.3. The zero-order valence-corrected chi connectivity index (χ0v) is 15.1. The van der Waals surface area contributed by atoms with E-state index in [9.17, 15) is 9.59 Å². The van der Waals surface area contributed by atoms with E-state index >= 15 is 0 Å². The summed E-state index contributed by atoms with van der Waals surface area (Å²) < 4.78 is 11.2. The Balaban J connectivity index is 1.80. The predicted molar refractivity (Wildman–Crippen MR) is 95.3 cm³/mol. The zero-order valence-electron chi connectivity index (χ0n) is 12.8. The van der Waals surface area contributed by atoms with Gasteiger partial charge in [0.1, 0.15) is 5.75 Å². The number of hydrogen-bond donors (Lipinski definition) is 1. The molecule has 2 aromatic carbocycles. The van der Waals surface area contributed by atoms with Gasteiger partial charge in [-0.25, -0.2) is 4.79 Å². The highest BCUT2D eigenvalue weighted by molar-refractivity contribution is 9.10. The molecule has 0 spiro atoms. The third kappa shape index (κ3) is 5.86. The molecule has 0 aliphatic carbocycles. The van der Waals surface area contributed by atoms with Crippen molar-refractivity contribution in [1.29, 1.82) is 0 Å². The van der Waals surface area contributed by atoms with Crippen LogP contribution in [-0.2, 0) is 14.3 Å². The average molecular weight is 413 g/mol. The third-order valence-electron chi connectivity index (χ3n) is 2.94. The van der Waals surface area contributed by atoms with Crippen molar-refractivity contribution in [3.8, 4) is 5.75 Å². The first-order valence-electron chi connectivity index (χ1n) is 7.08. The largest absolute Gasteiger partial charge is 0.482 e. The Hall–Kier alpha value is -2.05. The molecule has 7 heteroatoms. The molecule has 0 saturated heterocycles. The molecule has 1 N–H and O–H groups in total. The van der Waals surface area contributed by atoms with E-state index in [1.807, 2.05) is 0 Å². The first-order chi connectivity index (χ1) is 11.4. The fourth-order valence-corrected chi connectivity index (χ4v) is 2.21. The minimum absolute atomic E-state index is 0.309. The Kier molecular flexibility index (Phi) is 6.63. The molecule has 0 aromatic heterocycles. The number of ether oxygens (including phenoxy) is 2. The predicted octanol–water partition coefficient (Wildman–Crippen LogP) is 4.05. The van der Waals surface area contributed by atoms with Crippen LogP contribution < -0.4 is 10.1 Å². The first-order valence-corrected chi connectivity index (χ1v) is 8.25. The fourth-order valence-electron chi connectivity index (χ4n) is 1.76. The van der Waals surface area contributed by atoms with Crippen molar-refractivity contribution in [2.45, 2.75) is 13.0 Å². The van der Waals surface area contributed by atoms with Crippen molar-refractivity contribution in [2.75, 3.05) is 11.9 Å². The van der Waals surface area contributed by atoms with Crippen molar-refractivity contribution in [2.24, 2.45) is 0 Å². The molecular formula is C17H15BrClNO4. The molecule has 0 heterocycles.